The van der Waals surface area contributed by atoms with Crippen molar-refractivity contribution >= 4 is 17.1 Å². The highest BCUT2D eigenvalue weighted by atomic mass is 15.2. The van der Waals surface area contributed by atoms with Crippen molar-refractivity contribution in [3.05, 3.63) is 66.3 Å². The van der Waals surface area contributed by atoms with Crippen molar-refractivity contribution in [2.75, 3.05) is 43.4 Å². The van der Waals surface area contributed by atoms with E-state index in [2.05, 4.69) is 51.9 Å². The Bertz CT molecular complexity index is 801. The molecule has 25 heavy (non-hydrogen) atoms. The number of likely N-dealkylation sites (N-methyl/N-ethyl adjacent to an activating group) is 1. The number of fused-ring (bicyclic) bond motifs is 1. The third-order valence-corrected chi connectivity index (χ3v) is 4.94. The second-order valence-electron chi connectivity index (χ2n) is 6.58. The van der Waals surface area contributed by atoms with E-state index in [-0.39, 0.29) is 0 Å². The average Bonchev–Trinajstić information content (AvgIpc) is 3.06. The standard InChI is InChI=1S/C20H23N5/c1-3-21-20-7-4-15(13-23-20)17-5-6-19-18(17)12-16(14-22-19)25-10-8-24(2)9-11-25/h3-5,7,12-14H,1,6,8-11H2,2H3,(H,21,23). The number of aromatic nitrogens is 2. The van der Waals surface area contributed by atoms with Gasteiger partial charge < -0.3 is 15.1 Å². The maximum atomic E-state index is 4.72. The van der Waals surface area contributed by atoms with Crippen LogP contribution < -0.4 is 10.2 Å². The van der Waals surface area contributed by atoms with Crippen molar-refractivity contribution in [3.63, 3.8) is 0 Å². The van der Waals surface area contributed by atoms with E-state index in [4.69, 9.17) is 4.98 Å². The van der Waals surface area contributed by atoms with Crippen LogP contribution in [0.5, 0.6) is 0 Å². The quantitative estimate of drug-likeness (QED) is 0.932. The second-order valence-corrected chi connectivity index (χ2v) is 6.58. The molecule has 128 valence electrons. The summed E-state index contributed by atoms with van der Waals surface area (Å²) in [6.45, 7) is 7.97. The molecule has 0 atom stereocenters. The van der Waals surface area contributed by atoms with Crippen LogP contribution in [0.25, 0.3) is 5.57 Å². The predicted octanol–water partition coefficient (Wildman–Crippen LogP) is 2.77. The molecule has 0 saturated carbocycles. The highest BCUT2D eigenvalue weighted by molar-refractivity contribution is 5.85. The largest absolute Gasteiger partial charge is 0.368 e. The molecule has 0 aromatic carbocycles. The number of rotatable bonds is 4. The van der Waals surface area contributed by atoms with E-state index in [1.165, 1.54) is 16.8 Å². The number of nitrogens with zero attached hydrogens (tertiary/aromatic N) is 4. The summed E-state index contributed by atoms with van der Waals surface area (Å²) >= 11 is 0. The number of anilines is 2. The van der Waals surface area contributed by atoms with Gasteiger partial charge in [-0.15, -0.1) is 0 Å². The maximum absolute atomic E-state index is 4.72. The SMILES string of the molecule is C=CNc1ccc(C2=CCc3ncc(N4CCN(C)CC4)cc32)cn1. The molecule has 2 aliphatic rings. The summed E-state index contributed by atoms with van der Waals surface area (Å²) in [5.41, 5.74) is 5.98. The Labute approximate surface area is 148 Å². The zero-order valence-corrected chi connectivity index (χ0v) is 14.6. The van der Waals surface area contributed by atoms with Crippen molar-refractivity contribution in [1.82, 2.24) is 14.9 Å². The first-order valence-corrected chi connectivity index (χ1v) is 8.71. The Morgan fingerprint density at radius 3 is 2.68 bits per heavy atom. The van der Waals surface area contributed by atoms with Gasteiger partial charge in [-0.05, 0) is 37.0 Å². The Kier molecular flexibility index (Phi) is 4.24. The van der Waals surface area contributed by atoms with E-state index in [1.807, 2.05) is 18.5 Å². The maximum Gasteiger partial charge on any atom is 0.129 e. The molecule has 0 amide bonds. The number of nitrogens with one attached hydrogen (secondary N) is 1. The first-order chi connectivity index (χ1) is 12.2. The molecule has 0 unspecified atom stereocenters. The van der Waals surface area contributed by atoms with Crippen LogP contribution in [0.1, 0.15) is 16.8 Å². The highest BCUT2D eigenvalue weighted by Gasteiger charge is 2.21. The molecule has 1 N–H and O–H groups in total. The molecule has 1 fully saturated rings. The van der Waals surface area contributed by atoms with Gasteiger partial charge in [0, 0.05) is 49.9 Å². The van der Waals surface area contributed by atoms with Gasteiger partial charge in [0.1, 0.15) is 5.82 Å². The first kappa shape index (κ1) is 15.8. The van der Waals surface area contributed by atoms with Gasteiger partial charge in [0.25, 0.3) is 0 Å². The molecule has 1 aliphatic carbocycles. The molecule has 4 rings (SSSR count). The van der Waals surface area contributed by atoms with E-state index < -0.39 is 0 Å². The fourth-order valence-electron chi connectivity index (χ4n) is 3.44. The van der Waals surface area contributed by atoms with E-state index in [1.54, 1.807) is 6.20 Å². The summed E-state index contributed by atoms with van der Waals surface area (Å²) in [5, 5.41) is 3.01. The van der Waals surface area contributed by atoms with Crippen LogP contribution in [0.15, 0.2) is 49.4 Å². The normalized spacial score (nSPS) is 17.2. The highest BCUT2D eigenvalue weighted by Crippen LogP contribution is 2.34. The molecule has 0 bridgehead atoms. The van der Waals surface area contributed by atoms with Gasteiger partial charge in [-0.1, -0.05) is 12.7 Å². The summed E-state index contributed by atoms with van der Waals surface area (Å²) in [5.74, 6) is 0.807. The molecule has 0 radical (unpaired) electrons. The molecule has 1 saturated heterocycles. The van der Waals surface area contributed by atoms with Gasteiger partial charge in [0.05, 0.1) is 17.6 Å². The molecule has 5 nitrogen and oxygen atoms in total. The second kappa shape index (κ2) is 6.69. The van der Waals surface area contributed by atoms with Gasteiger partial charge in [0.15, 0.2) is 0 Å². The number of allylic oxidation sites excluding steroid dienone is 1. The van der Waals surface area contributed by atoms with E-state index in [9.17, 15) is 0 Å². The lowest BCUT2D eigenvalue weighted by molar-refractivity contribution is 0.313. The third-order valence-electron chi connectivity index (χ3n) is 4.94. The third kappa shape index (κ3) is 3.15. The topological polar surface area (TPSA) is 44.3 Å². The lowest BCUT2D eigenvalue weighted by Crippen LogP contribution is -2.44. The first-order valence-electron chi connectivity index (χ1n) is 8.71. The number of hydrogen-bond acceptors (Lipinski definition) is 5. The van der Waals surface area contributed by atoms with Gasteiger partial charge in [-0.3, -0.25) is 4.98 Å². The van der Waals surface area contributed by atoms with Crippen LogP contribution in [0.2, 0.25) is 0 Å². The molecule has 2 aromatic heterocycles. The van der Waals surface area contributed by atoms with Gasteiger partial charge in [-0.2, -0.15) is 0 Å². The van der Waals surface area contributed by atoms with Crippen LogP contribution >= 0.6 is 0 Å². The van der Waals surface area contributed by atoms with Crippen molar-refractivity contribution in [1.29, 1.82) is 0 Å². The summed E-state index contributed by atoms with van der Waals surface area (Å²) in [6.07, 6.45) is 8.72. The van der Waals surface area contributed by atoms with Crippen LogP contribution in [-0.4, -0.2) is 48.1 Å². The smallest absolute Gasteiger partial charge is 0.129 e. The minimum absolute atomic E-state index is 0.807. The molecule has 2 aromatic rings. The summed E-state index contributed by atoms with van der Waals surface area (Å²) in [7, 11) is 2.18. The van der Waals surface area contributed by atoms with Crippen LogP contribution in [0, 0.1) is 0 Å². The Hall–Kier alpha value is -2.66. The molecule has 0 spiro atoms. The summed E-state index contributed by atoms with van der Waals surface area (Å²) in [6, 6.07) is 6.37. The van der Waals surface area contributed by atoms with Crippen molar-refractivity contribution in [3.8, 4) is 0 Å². The summed E-state index contributed by atoms with van der Waals surface area (Å²) in [4.78, 5) is 14.0. The van der Waals surface area contributed by atoms with Crippen molar-refractivity contribution in [2.24, 2.45) is 0 Å². The van der Waals surface area contributed by atoms with Gasteiger partial charge in [-0.25, -0.2) is 4.98 Å². The lowest BCUT2D eigenvalue weighted by Gasteiger charge is -2.34. The number of hydrogen-bond donors (Lipinski definition) is 1. The van der Waals surface area contributed by atoms with E-state index >= 15 is 0 Å². The van der Waals surface area contributed by atoms with Crippen LogP contribution in [-0.2, 0) is 6.42 Å². The molecular weight excluding hydrogens is 310 g/mol. The number of piperazine rings is 1. The zero-order valence-electron chi connectivity index (χ0n) is 14.6. The monoisotopic (exact) mass is 333 g/mol. The van der Waals surface area contributed by atoms with Crippen molar-refractivity contribution < 1.29 is 0 Å². The van der Waals surface area contributed by atoms with E-state index in [0.29, 0.717) is 0 Å². The van der Waals surface area contributed by atoms with Crippen molar-refractivity contribution in [2.45, 2.75) is 6.42 Å². The fourth-order valence-corrected chi connectivity index (χ4v) is 3.44. The Balaban J connectivity index is 1.60. The lowest BCUT2D eigenvalue weighted by atomic mass is 10.0. The van der Waals surface area contributed by atoms with E-state index in [0.717, 1.165) is 49.7 Å². The van der Waals surface area contributed by atoms with Crippen LogP contribution in [0.3, 0.4) is 0 Å². The van der Waals surface area contributed by atoms with Crippen LogP contribution in [0.4, 0.5) is 11.5 Å². The summed E-state index contributed by atoms with van der Waals surface area (Å²) < 4.78 is 0. The molecule has 1 aliphatic heterocycles. The Morgan fingerprint density at radius 1 is 1.12 bits per heavy atom. The average molecular weight is 333 g/mol. The molecule has 5 heteroatoms. The predicted molar refractivity (Wildman–Crippen MR) is 103 cm³/mol. The zero-order chi connectivity index (χ0) is 17.2. The Morgan fingerprint density at radius 2 is 1.96 bits per heavy atom. The molecule has 3 heterocycles. The molecular formula is C20H23N5. The minimum Gasteiger partial charge on any atom is -0.368 e. The fraction of sp³-hybridized carbons (Fsp3) is 0.300. The van der Waals surface area contributed by atoms with Gasteiger partial charge in [0.2, 0.25) is 0 Å². The minimum atomic E-state index is 0.807. The van der Waals surface area contributed by atoms with Gasteiger partial charge >= 0.3 is 0 Å². The number of pyridine rings is 2.